The smallest absolute Gasteiger partial charge is 0.127 e. The Morgan fingerprint density at radius 2 is 2.05 bits per heavy atom. The third-order valence-electron chi connectivity index (χ3n) is 5.18. The van der Waals surface area contributed by atoms with Crippen molar-refractivity contribution in [2.75, 3.05) is 13.6 Å². The van der Waals surface area contributed by atoms with E-state index < -0.39 is 0 Å². The molecule has 112 valence electrons. The molecule has 0 aromatic heterocycles. The van der Waals surface area contributed by atoms with Gasteiger partial charge in [0.2, 0.25) is 0 Å². The summed E-state index contributed by atoms with van der Waals surface area (Å²) in [4.78, 5) is 2.25. The zero-order valence-corrected chi connectivity index (χ0v) is 12.9. The summed E-state index contributed by atoms with van der Waals surface area (Å²) in [6, 6.07) is 7.07. The lowest BCUT2D eigenvalue weighted by molar-refractivity contribution is 0.0591. The van der Waals surface area contributed by atoms with Gasteiger partial charge < -0.3 is 5.73 Å². The zero-order valence-electron chi connectivity index (χ0n) is 12.9. The number of rotatable bonds is 6. The fourth-order valence-electron chi connectivity index (χ4n) is 3.18. The van der Waals surface area contributed by atoms with Gasteiger partial charge in [0.05, 0.1) is 0 Å². The SMILES string of the molecule is CC(c1ccccc1F)N(C)C(C)(CN)CC1CCC1. The van der Waals surface area contributed by atoms with E-state index in [2.05, 4.69) is 25.8 Å². The Balaban J connectivity index is 2.14. The molecule has 1 saturated carbocycles. The molecule has 3 heteroatoms. The normalized spacial score (nSPS) is 20.5. The fraction of sp³-hybridized carbons (Fsp3) is 0.647. The molecule has 0 bridgehead atoms. The topological polar surface area (TPSA) is 29.3 Å². The number of hydrogen-bond acceptors (Lipinski definition) is 2. The molecule has 2 atom stereocenters. The van der Waals surface area contributed by atoms with Crippen molar-refractivity contribution in [1.29, 1.82) is 0 Å². The number of hydrogen-bond donors (Lipinski definition) is 1. The first-order valence-corrected chi connectivity index (χ1v) is 7.65. The van der Waals surface area contributed by atoms with Crippen molar-refractivity contribution in [3.05, 3.63) is 35.6 Å². The Hall–Kier alpha value is -0.930. The van der Waals surface area contributed by atoms with E-state index in [1.165, 1.54) is 25.3 Å². The molecule has 0 radical (unpaired) electrons. The van der Waals surface area contributed by atoms with Gasteiger partial charge in [-0.05, 0) is 39.3 Å². The Morgan fingerprint density at radius 1 is 1.40 bits per heavy atom. The van der Waals surface area contributed by atoms with Crippen LogP contribution in [0.2, 0.25) is 0 Å². The summed E-state index contributed by atoms with van der Waals surface area (Å²) < 4.78 is 14.0. The van der Waals surface area contributed by atoms with E-state index in [0.29, 0.717) is 6.54 Å². The molecule has 2 nitrogen and oxygen atoms in total. The average molecular weight is 278 g/mol. The van der Waals surface area contributed by atoms with Crippen LogP contribution < -0.4 is 5.73 Å². The predicted molar refractivity (Wildman–Crippen MR) is 82.0 cm³/mol. The lowest BCUT2D eigenvalue weighted by Crippen LogP contribution is -2.52. The van der Waals surface area contributed by atoms with E-state index in [9.17, 15) is 4.39 Å². The molecule has 1 aliphatic rings. The van der Waals surface area contributed by atoms with Gasteiger partial charge in [-0.2, -0.15) is 0 Å². The molecule has 0 heterocycles. The molecule has 1 aromatic rings. The monoisotopic (exact) mass is 278 g/mol. The summed E-state index contributed by atoms with van der Waals surface area (Å²) >= 11 is 0. The molecular formula is C17H27FN2. The molecule has 20 heavy (non-hydrogen) atoms. The largest absolute Gasteiger partial charge is 0.329 e. The van der Waals surface area contributed by atoms with Gasteiger partial charge in [-0.3, -0.25) is 4.90 Å². The summed E-state index contributed by atoms with van der Waals surface area (Å²) in [6.07, 6.45) is 5.09. The van der Waals surface area contributed by atoms with Crippen LogP contribution in [-0.2, 0) is 0 Å². The van der Waals surface area contributed by atoms with Crippen molar-refractivity contribution in [2.45, 2.75) is 51.1 Å². The number of halogens is 1. The molecule has 2 N–H and O–H groups in total. The van der Waals surface area contributed by atoms with Crippen LogP contribution in [0.25, 0.3) is 0 Å². The van der Waals surface area contributed by atoms with Crippen LogP contribution in [0.15, 0.2) is 24.3 Å². The van der Waals surface area contributed by atoms with Gasteiger partial charge in [-0.25, -0.2) is 4.39 Å². The second-order valence-electron chi connectivity index (χ2n) is 6.51. The minimum atomic E-state index is -0.130. The Labute approximate surface area is 122 Å². The molecule has 1 fully saturated rings. The third kappa shape index (κ3) is 3.04. The third-order valence-corrected chi connectivity index (χ3v) is 5.18. The van der Waals surface area contributed by atoms with Crippen molar-refractivity contribution < 1.29 is 4.39 Å². The second-order valence-corrected chi connectivity index (χ2v) is 6.51. The standard InChI is InChI=1S/C17H27FN2/c1-13(15-9-4-5-10-16(15)18)20(3)17(2,12-19)11-14-7-6-8-14/h4-5,9-10,13-14H,6-8,11-12,19H2,1-3H3. The second kappa shape index (κ2) is 6.23. The van der Waals surface area contributed by atoms with E-state index in [-0.39, 0.29) is 17.4 Å². The van der Waals surface area contributed by atoms with Crippen LogP contribution in [0.4, 0.5) is 4.39 Å². The minimum absolute atomic E-state index is 0.0322. The van der Waals surface area contributed by atoms with Crippen LogP contribution in [0, 0.1) is 11.7 Å². The van der Waals surface area contributed by atoms with Crippen molar-refractivity contribution in [3.63, 3.8) is 0 Å². The zero-order chi connectivity index (χ0) is 14.8. The van der Waals surface area contributed by atoms with E-state index in [1.807, 2.05) is 12.1 Å². The summed E-state index contributed by atoms with van der Waals surface area (Å²) in [5.74, 6) is 0.661. The maximum absolute atomic E-state index is 14.0. The van der Waals surface area contributed by atoms with Crippen molar-refractivity contribution >= 4 is 0 Å². The number of likely N-dealkylation sites (N-methyl/N-ethyl adjacent to an activating group) is 1. The number of nitrogens with two attached hydrogens (primary N) is 1. The lowest BCUT2D eigenvalue weighted by atomic mass is 9.75. The van der Waals surface area contributed by atoms with E-state index in [1.54, 1.807) is 6.07 Å². The van der Waals surface area contributed by atoms with Crippen LogP contribution in [0.1, 0.15) is 51.1 Å². The van der Waals surface area contributed by atoms with Crippen molar-refractivity contribution in [3.8, 4) is 0 Å². The highest BCUT2D eigenvalue weighted by Crippen LogP contribution is 2.38. The highest BCUT2D eigenvalue weighted by molar-refractivity contribution is 5.21. The average Bonchev–Trinajstić information content (AvgIpc) is 2.41. The van der Waals surface area contributed by atoms with Gasteiger partial charge in [0, 0.05) is 23.7 Å². The van der Waals surface area contributed by atoms with E-state index in [0.717, 1.165) is 17.9 Å². The van der Waals surface area contributed by atoms with Gasteiger partial charge in [0.15, 0.2) is 0 Å². The Kier molecular flexibility index (Phi) is 4.82. The number of nitrogens with zero attached hydrogens (tertiary/aromatic N) is 1. The highest BCUT2D eigenvalue weighted by atomic mass is 19.1. The minimum Gasteiger partial charge on any atom is -0.329 e. The summed E-state index contributed by atoms with van der Waals surface area (Å²) in [7, 11) is 2.07. The maximum atomic E-state index is 14.0. The number of benzene rings is 1. The summed E-state index contributed by atoms with van der Waals surface area (Å²) in [5, 5.41) is 0. The first-order chi connectivity index (χ1) is 9.48. The quantitative estimate of drug-likeness (QED) is 0.859. The summed E-state index contributed by atoms with van der Waals surface area (Å²) in [5.41, 5.74) is 6.74. The molecule has 0 saturated heterocycles. The van der Waals surface area contributed by atoms with Crippen LogP contribution in [-0.4, -0.2) is 24.0 Å². The van der Waals surface area contributed by atoms with E-state index >= 15 is 0 Å². The van der Waals surface area contributed by atoms with Crippen LogP contribution >= 0.6 is 0 Å². The molecule has 2 unspecified atom stereocenters. The molecule has 1 aromatic carbocycles. The van der Waals surface area contributed by atoms with Crippen LogP contribution in [0.3, 0.4) is 0 Å². The summed E-state index contributed by atoms with van der Waals surface area (Å²) in [6.45, 7) is 4.88. The molecule has 0 amide bonds. The Morgan fingerprint density at radius 3 is 2.55 bits per heavy atom. The van der Waals surface area contributed by atoms with Gasteiger partial charge in [-0.1, -0.05) is 37.5 Å². The fourth-order valence-corrected chi connectivity index (χ4v) is 3.18. The molecule has 1 aliphatic carbocycles. The van der Waals surface area contributed by atoms with Gasteiger partial charge in [0.1, 0.15) is 5.82 Å². The van der Waals surface area contributed by atoms with Crippen molar-refractivity contribution in [2.24, 2.45) is 11.7 Å². The molecule has 2 rings (SSSR count). The Bertz CT molecular complexity index is 444. The first-order valence-electron chi connectivity index (χ1n) is 7.65. The van der Waals surface area contributed by atoms with Crippen LogP contribution in [0.5, 0.6) is 0 Å². The molecule has 0 aliphatic heterocycles. The van der Waals surface area contributed by atoms with Gasteiger partial charge in [0.25, 0.3) is 0 Å². The van der Waals surface area contributed by atoms with E-state index in [4.69, 9.17) is 5.73 Å². The maximum Gasteiger partial charge on any atom is 0.127 e. The molecular weight excluding hydrogens is 251 g/mol. The highest BCUT2D eigenvalue weighted by Gasteiger charge is 2.36. The predicted octanol–water partition coefficient (Wildman–Crippen LogP) is 3.73. The van der Waals surface area contributed by atoms with Gasteiger partial charge in [-0.15, -0.1) is 0 Å². The lowest BCUT2D eigenvalue weighted by Gasteiger charge is -2.45. The first kappa shape index (κ1) is 15.5. The molecule has 0 spiro atoms. The van der Waals surface area contributed by atoms with Crippen molar-refractivity contribution in [1.82, 2.24) is 4.90 Å². The van der Waals surface area contributed by atoms with Gasteiger partial charge >= 0.3 is 0 Å².